The van der Waals surface area contributed by atoms with E-state index in [4.69, 9.17) is 27.9 Å². The van der Waals surface area contributed by atoms with Crippen molar-refractivity contribution in [2.45, 2.75) is 35.4 Å². The van der Waals surface area contributed by atoms with Crippen LogP contribution in [0.15, 0.2) is 48.0 Å². The number of fused-ring (bicyclic) bond motifs is 4. The highest BCUT2D eigenvalue weighted by molar-refractivity contribution is 14.1. The van der Waals surface area contributed by atoms with E-state index in [1.165, 1.54) is 50.4 Å². The van der Waals surface area contributed by atoms with E-state index >= 15 is 8.78 Å². The largest absolute Gasteiger partial charge is 0.504 e. The highest BCUT2D eigenvalue weighted by Crippen LogP contribution is 2.66. The molecule has 2 heterocycles. The summed E-state index contributed by atoms with van der Waals surface area (Å²) in [5.74, 6) is -22.6. The zero-order chi connectivity index (χ0) is 37.9. The molecule has 7 rings (SSSR count). The smallest absolute Gasteiger partial charge is 0.258 e. The summed E-state index contributed by atoms with van der Waals surface area (Å²) in [6, 6.07) is 8.34. The maximum Gasteiger partial charge on any atom is 0.258 e. The number of phenolic OH excluding ortho intramolecular Hbond substituents is 1. The van der Waals surface area contributed by atoms with Gasteiger partial charge in [0.2, 0.25) is 17.6 Å². The summed E-state index contributed by atoms with van der Waals surface area (Å²) in [7, 11) is 1.22. The Morgan fingerprint density at radius 1 is 0.885 bits per heavy atom. The first-order chi connectivity index (χ1) is 24.4. The zero-order valence-corrected chi connectivity index (χ0v) is 30.2. The first kappa shape index (κ1) is 36.3. The van der Waals surface area contributed by atoms with Gasteiger partial charge in [-0.15, -0.1) is 23.2 Å². The second-order valence-electron chi connectivity index (χ2n) is 12.9. The van der Waals surface area contributed by atoms with Crippen molar-refractivity contribution in [2.24, 2.45) is 17.8 Å². The summed E-state index contributed by atoms with van der Waals surface area (Å²) in [6.07, 6.45) is 0.799. The van der Waals surface area contributed by atoms with E-state index < -0.39 is 98.2 Å². The molecule has 0 aromatic heterocycles. The maximum absolute atomic E-state index is 15.3. The number of imide groups is 2. The molecule has 4 amide bonds. The average molecular weight is 875 g/mol. The number of nitrogens with zero attached hydrogens (tertiary/aromatic N) is 2. The van der Waals surface area contributed by atoms with E-state index in [1.807, 2.05) is 0 Å². The van der Waals surface area contributed by atoms with Crippen LogP contribution in [0.1, 0.15) is 41.6 Å². The summed E-state index contributed by atoms with van der Waals surface area (Å²) in [5, 5.41) is 10.6. The van der Waals surface area contributed by atoms with E-state index in [2.05, 4.69) is 0 Å². The van der Waals surface area contributed by atoms with Crippen LogP contribution in [0.5, 0.6) is 11.5 Å². The van der Waals surface area contributed by atoms with Crippen molar-refractivity contribution in [3.05, 3.63) is 91.8 Å². The van der Waals surface area contributed by atoms with Crippen molar-refractivity contribution in [3.8, 4) is 11.5 Å². The number of allylic oxidation sites excluding steroid dienone is 2. The van der Waals surface area contributed by atoms with Crippen LogP contribution in [-0.2, 0) is 19.2 Å². The number of rotatable bonds is 5. The van der Waals surface area contributed by atoms with Crippen LogP contribution >= 0.6 is 45.8 Å². The van der Waals surface area contributed by atoms with Crippen LogP contribution in [0.3, 0.4) is 0 Å². The van der Waals surface area contributed by atoms with Crippen LogP contribution < -0.4 is 14.5 Å². The van der Waals surface area contributed by atoms with Gasteiger partial charge in [-0.3, -0.25) is 28.9 Å². The van der Waals surface area contributed by atoms with E-state index in [9.17, 15) is 42.3 Å². The van der Waals surface area contributed by atoms with Gasteiger partial charge < -0.3 is 9.84 Å². The number of alkyl halides is 2. The first-order valence-electron chi connectivity index (χ1n) is 15.5. The Labute approximate surface area is 314 Å². The lowest BCUT2D eigenvalue weighted by Crippen LogP contribution is -2.60. The van der Waals surface area contributed by atoms with Gasteiger partial charge in [0.15, 0.2) is 50.3 Å². The molecule has 2 aliphatic carbocycles. The van der Waals surface area contributed by atoms with E-state index in [0.717, 1.165) is 4.90 Å². The lowest BCUT2D eigenvalue weighted by molar-refractivity contribution is -0.125. The van der Waals surface area contributed by atoms with Gasteiger partial charge in [0.1, 0.15) is 5.69 Å². The zero-order valence-electron chi connectivity index (χ0n) is 26.6. The molecule has 0 radical (unpaired) electrons. The average Bonchev–Trinajstić information content (AvgIpc) is 3.45. The Balaban J connectivity index is 1.43. The summed E-state index contributed by atoms with van der Waals surface area (Å²) in [6.45, 7) is 1.34. The van der Waals surface area contributed by atoms with E-state index in [0.29, 0.717) is 5.56 Å². The summed E-state index contributed by atoms with van der Waals surface area (Å²) >= 11 is 16.1. The number of benzene rings is 3. The van der Waals surface area contributed by atoms with Gasteiger partial charge in [0, 0.05) is 11.5 Å². The van der Waals surface area contributed by atoms with Crippen molar-refractivity contribution in [3.63, 3.8) is 0 Å². The standard InChI is InChI=1S/C35H22Cl2F5IN2O7/c1-12(46)13-3-5-15(6-4-13)44-30(48)17-8-7-16-18(21(17)31(44)49)11-34(36)32(50)45(28-26(41)24(39)23(38)25(40)27(28)42)33(51)35(34,37)22(16)14-9-19(43)29(47)20(10-14)52-2/h3-7,9-10,17-18,21-22,47H,8,11H2,1-2H3/t17-,18+,21-,22-,34+,35-/m0/s1. The predicted octanol–water partition coefficient (Wildman–Crippen LogP) is 6.67. The molecule has 1 N–H and O–H groups in total. The van der Waals surface area contributed by atoms with Gasteiger partial charge >= 0.3 is 0 Å². The predicted molar refractivity (Wildman–Crippen MR) is 183 cm³/mol. The summed E-state index contributed by atoms with van der Waals surface area (Å²) in [4.78, 5) is 64.0. The molecule has 6 atom stereocenters. The lowest BCUT2D eigenvalue weighted by Gasteiger charge is -2.50. The van der Waals surface area contributed by atoms with Gasteiger partial charge in [0.25, 0.3) is 11.8 Å². The Kier molecular flexibility index (Phi) is 8.53. The van der Waals surface area contributed by atoms with Gasteiger partial charge in [-0.25, -0.2) is 26.9 Å². The van der Waals surface area contributed by atoms with Crippen LogP contribution in [0.2, 0.25) is 0 Å². The number of hydrogen-bond donors (Lipinski definition) is 1. The number of aromatic hydroxyl groups is 1. The van der Waals surface area contributed by atoms with Crippen LogP contribution in [0, 0.1) is 50.4 Å². The number of halogens is 8. The number of amides is 4. The number of ketones is 1. The highest BCUT2D eigenvalue weighted by atomic mass is 127. The SMILES string of the molecule is COc1cc([C@H]2C3=CC[C@@H]4C(=O)N(c5ccc(C(C)=O)cc5)C(=O)[C@@H]4[C@@H]3C[C@@]3(Cl)C(=O)N(c4c(F)c(F)c(F)c(F)c4F)C(=O)[C@@]23Cl)cc(I)c1O. The third-order valence-corrected chi connectivity index (χ3v) is 12.6. The number of anilines is 2. The third kappa shape index (κ3) is 4.66. The lowest BCUT2D eigenvalue weighted by atomic mass is 9.56. The molecule has 17 heteroatoms. The van der Waals surface area contributed by atoms with E-state index in [1.54, 1.807) is 28.7 Å². The maximum atomic E-state index is 15.3. The van der Waals surface area contributed by atoms with Crippen LogP contribution in [-0.4, -0.2) is 51.4 Å². The molecule has 3 fully saturated rings. The number of hydrogen-bond acceptors (Lipinski definition) is 7. The second-order valence-corrected chi connectivity index (χ2v) is 15.3. The quantitative estimate of drug-likeness (QED) is 0.0445. The molecule has 3 aromatic carbocycles. The fourth-order valence-corrected chi connectivity index (χ4v) is 9.52. The highest BCUT2D eigenvalue weighted by Gasteiger charge is 2.77. The van der Waals surface area contributed by atoms with Crippen molar-refractivity contribution in [1.82, 2.24) is 0 Å². The van der Waals surface area contributed by atoms with Gasteiger partial charge in [0.05, 0.1) is 28.2 Å². The number of phenols is 1. The van der Waals surface area contributed by atoms with Crippen LogP contribution in [0.25, 0.3) is 0 Å². The molecule has 2 aliphatic heterocycles. The third-order valence-electron chi connectivity index (χ3n) is 10.4. The Bertz CT molecular complexity index is 2190. The molecule has 1 saturated carbocycles. The fraction of sp³-hybridized carbons (Fsp3) is 0.286. The molecule has 4 aliphatic rings. The minimum atomic E-state index is -2.74. The van der Waals surface area contributed by atoms with Gasteiger partial charge in [-0.2, -0.15) is 0 Å². The molecule has 0 bridgehead atoms. The molecule has 9 nitrogen and oxygen atoms in total. The van der Waals surface area contributed by atoms with Crippen molar-refractivity contribution in [2.75, 3.05) is 16.9 Å². The normalized spacial score (nSPS) is 28.2. The number of ether oxygens (including phenoxy) is 1. The monoisotopic (exact) mass is 874 g/mol. The van der Waals surface area contributed by atoms with Crippen molar-refractivity contribution in [1.29, 1.82) is 0 Å². The summed E-state index contributed by atoms with van der Waals surface area (Å²) in [5.41, 5.74) is -1.12. The molecule has 2 saturated heterocycles. The molecular formula is C35H22Cl2F5IN2O7. The molecule has 3 aromatic rings. The van der Waals surface area contributed by atoms with Crippen LogP contribution in [0.4, 0.5) is 33.3 Å². The Hall–Kier alpha value is -4.09. The van der Waals surface area contributed by atoms with Crippen molar-refractivity contribution < 1.29 is 55.8 Å². The van der Waals surface area contributed by atoms with Crippen molar-refractivity contribution >= 4 is 86.6 Å². The molecule has 0 spiro atoms. The number of carbonyl (C=O) groups excluding carboxylic acids is 5. The fourth-order valence-electron chi connectivity index (χ4n) is 7.96. The minimum Gasteiger partial charge on any atom is -0.504 e. The number of carbonyl (C=O) groups is 5. The van der Waals surface area contributed by atoms with Gasteiger partial charge in [-0.1, -0.05) is 11.6 Å². The summed E-state index contributed by atoms with van der Waals surface area (Å²) < 4.78 is 79.0. The molecule has 0 unspecified atom stereocenters. The Morgan fingerprint density at radius 3 is 2.06 bits per heavy atom. The molecular weight excluding hydrogens is 853 g/mol. The number of Topliss-reactive ketones (excluding diaryl/α,β-unsaturated/α-hetero) is 1. The second kappa shape index (κ2) is 12.2. The molecule has 270 valence electrons. The number of methoxy groups -OCH3 is 1. The Morgan fingerprint density at radius 2 is 1.48 bits per heavy atom. The van der Waals surface area contributed by atoms with E-state index in [-0.39, 0.29) is 49.0 Å². The topological polar surface area (TPSA) is 121 Å². The first-order valence-corrected chi connectivity index (χ1v) is 17.3. The molecule has 52 heavy (non-hydrogen) atoms. The minimum absolute atomic E-state index is 0.0716. The van der Waals surface area contributed by atoms with Gasteiger partial charge in [-0.05, 0) is 90.2 Å².